The van der Waals surface area contributed by atoms with Crippen molar-refractivity contribution in [3.63, 3.8) is 0 Å². The van der Waals surface area contributed by atoms with Crippen LogP contribution in [0.25, 0.3) is 11.4 Å². The molecule has 2 heterocycles. The molecular formula is C18H21N5O3S. The van der Waals surface area contributed by atoms with E-state index in [9.17, 15) is 4.79 Å². The minimum absolute atomic E-state index is 0.0290. The highest BCUT2D eigenvalue weighted by atomic mass is 32.1. The van der Waals surface area contributed by atoms with Gasteiger partial charge in [-0.1, -0.05) is 0 Å². The molecule has 0 fully saturated rings. The zero-order valence-corrected chi connectivity index (χ0v) is 16.5. The average molecular weight is 387 g/mol. The van der Waals surface area contributed by atoms with Crippen molar-refractivity contribution in [2.24, 2.45) is 0 Å². The van der Waals surface area contributed by atoms with E-state index in [1.54, 1.807) is 49.6 Å². The number of methoxy groups -OCH3 is 2. The van der Waals surface area contributed by atoms with Crippen LogP contribution >= 0.6 is 11.3 Å². The normalized spacial score (nSPS) is 10.7. The molecule has 9 heteroatoms. The molecule has 0 aliphatic heterocycles. The summed E-state index contributed by atoms with van der Waals surface area (Å²) in [7, 11) is 4.91. The monoisotopic (exact) mass is 387 g/mol. The molecule has 0 saturated heterocycles. The number of hydrogen-bond acceptors (Lipinski definition) is 7. The number of rotatable bonds is 7. The van der Waals surface area contributed by atoms with Gasteiger partial charge in [0.05, 0.1) is 20.8 Å². The number of carbonyl (C=O) groups is 1. The van der Waals surface area contributed by atoms with Crippen LogP contribution in [0.1, 0.15) is 10.4 Å². The number of benzene rings is 1. The van der Waals surface area contributed by atoms with Crippen LogP contribution in [0.3, 0.4) is 0 Å². The first-order valence-electron chi connectivity index (χ1n) is 8.29. The molecule has 0 N–H and O–H groups in total. The summed E-state index contributed by atoms with van der Waals surface area (Å²) in [6, 6.07) is 7.41. The third-order valence-electron chi connectivity index (χ3n) is 4.15. The van der Waals surface area contributed by atoms with Gasteiger partial charge in [0.15, 0.2) is 11.5 Å². The van der Waals surface area contributed by atoms with Gasteiger partial charge in [-0.05, 0) is 47.3 Å². The first kappa shape index (κ1) is 18.8. The van der Waals surface area contributed by atoms with Crippen LogP contribution in [0.4, 0.5) is 0 Å². The Hall–Kier alpha value is -2.94. The molecule has 1 aromatic carbocycles. The molecule has 0 atom stereocenters. The Morgan fingerprint density at radius 1 is 1.22 bits per heavy atom. The number of tetrazole rings is 1. The molecule has 0 spiro atoms. The predicted octanol–water partition coefficient (Wildman–Crippen LogP) is 2.39. The van der Waals surface area contributed by atoms with Crippen LogP contribution < -0.4 is 9.47 Å². The van der Waals surface area contributed by atoms with E-state index >= 15 is 0 Å². The molecule has 1 amide bonds. The lowest BCUT2D eigenvalue weighted by Crippen LogP contribution is -2.30. The summed E-state index contributed by atoms with van der Waals surface area (Å²) < 4.78 is 10.5. The molecule has 27 heavy (non-hydrogen) atoms. The second kappa shape index (κ2) is 8.17. The molecule has 3 aromatic rings. The zero-order valence-electron chi connectivity index (χ0n) is 15.7. The van der Waals surface area contributed by atoms with Gasteiger partial charge in [0, 0.05) is 17.5 Å². The second-order valence-electron chi connectivity index (χ2n) is 5.99. The summed E-state index contributed by atoms with van der Waals surface area (Å²) in [5, 5.41) is 14.3. The molecule has 142 valence electrons. The van der Waals surface area contributed by atoms with Crippen molar-refractivity contribution in [1.29, 1.82) is 0 Å². The zero-order chi connectivity index (χ0) is 19.4. The predicted molar refractivity (Wildman–Crippen MR) is 102 cm³/mol. The van der Waals surface area contributed by atoms with E-state index in [2.05, 4.69) is 15.4 Å². The maximum atomic E-state index is 12.4. The topological polar surface area (TPSA) is 82.4 Å². The standard InChI is InChI=1S/C18H21N5O3S/c1-12-7-8-27-16(12)10-22(2)17(24)11-23-20-18(19-21-23)13-5-6-14(25-3)15(9-13)26-4/h5-9H,10-11H2,1-4H3. The molecular weight excluding hydrogens is 366 g/mol. The number of aryl methyl sites for hydroxylation is 1. The second-order valence-corrected chi connectivity index (χ2v) is 6.99. The Kier molecular flexibility index (Phi) is 5.70. The molecule has 0 radical (unpaired) electrons. The van der Waals surface area contributed by atoms with Gasteiger partial charge in [-0.3, -0.25) is 4.79 Å². The quantitative estimate of drug-likeness (QED) is 0.619. The Bertz CT molecular complexity index is 937. The third kappa shape index (κ3) is 4.25. The van der Waals surface area contributed by atoms with Crippen LogP contribution in [-0.2, 0) is 17.9 Å². The fourth-order valence-electron chi connectivity index (χ4n) is 2.51. The van der Waals surface area contributed by atoms with Crippen molar-refractivity contribution in [2.75, 3.05) is 21.3 Å². The number of hydrogen-bond donors (Lipinski definition) is 0. The lowest BCUT2D eigenvalue weighted by atomic mass is 10.2. The van der Waals surface area contributed by atoms with Crippen molar-refractivity contribution in [3.8, 4) is 22.9 Å². The number of carbonyl (C=O) groups excluding carboxylic acids is 1. The van der Waals surface area contributed by atoms with Crippen LogP contribution in [0.2, 0.25) is 0 Å². The van der Waals surface area contributed by atoms with E-state index in [1.165, 1.54) is 15.2 Å². The highest BCUT2D eigenvalue weighted by molar-refractivity contribution is 7.10. The van der Waals surface area contributed by atoms with E-state index in [1.807, 2.05) is 24.4 Å². The number of thiophene rings is 1. The number of amides is 1. The maximum absolute atomic E-state index is 12.4. The number of nitrogens with zero attached hydrogens (tertiary/aromatic N) is 5. The van der Waals surface area contributed by atoms with E-state index in [0.29, 0.717) is 23.9 Å². The molecule has 0 aliphatic rings. The SMILES string of the molecule is COc1ccc(-c2nnn(CC(=O)N(C)Cc3sccc3C)n2)cc1OC. The molecule has 0 saturated carbocycles. The van der Waals surface area contributed by atoms with Gasteiger partial charge in [0.25, 0.3) is 0 Å². The molecule has 0 unspecified atom stereocenters. The Morgan fingerprint density at radius 2 is 2.00 bits per heavy atom. The highest BCUT2D eigenvalue weighted by Crippen LogP contribution is 2.30. The van der Waals surface area contributed by atoms with Crippen molar-refractivity contribution in [3.05, 3.63) is 40.1 Å². The Morgan fingerprint density at radius 3 is 2.67 bits per heavy atom. The van der Waals surface area contributed by atoms with Gasteiger partial charge in [0.2, 0.25) is 11.7 Å². The molecule has 0 bridgehead atoms. The van der Waals surface area contributed by atoms with E-state index in [-0.39, 0.29) is 12.5 Å². The summed E-state index contributed by atoms with van der Waals surface area (Å²) in [4.78, 5) is 16.6. The minimum atomic E-state index is -0.0842. The van der Waals surface area contributed by atoms with Crippen molar-refractivity contribution >= 4 is 17.2 Å². The van der Waals surface area contributed by atoms with Gasteiger partial charge in [0.1, 0.15) is 6.54 Å². The van der Waals surface area contributed by atoms with Crippen molar-refractivity contribution < 1.29 is 14.3 Å². The minimum Gasteiger partial charge on any atom is -0.493 e. The fraction of sp³-hybridized carbons (Fsp3) is 0.333. The summed E-state index contributed by atoms with van der Waals surface area (Å²) >= 11 is 1.64. The van der Waals surface area contributed by atoms with Gasteiger partial charge in [-0.2, -0.15) is 4.80 Å². The van der Waals surface area contributed by atoms with E-state index in [0.717, 1.165) is 5.56 Å². The molecule has 0 aliphatic carbocycles. The number of aromatic nitrogens is 4. The Balaban J connectivity index is 1.68. The largest absolute Gasteiger partial charge is 0.493 e. The fourth-order valence-corrected chi connectivity index (χ4v) is 3.47. The summed E-state index contributed by atoms with van der Waals surface area (Å²) in [6.45, 7) is 2.64. The lowest BCUT2D eigenvalue weighted by molar-refractivity contribution is -0.131. The molecule has 2 aromatic heterocycles. The lowest BCUT2D eigenvalue weighted by Gasteiger charge is -2.16. The van der Waals surface area contributed by atoms with Crippen LogP contribution in [0.5, 0.6) is 11.5 Å². The summed E-state index contributed by atoms with van der Waals surface area (Å²) in [5.74, 6) is 1.53. The smallest absolute Gasteiger partial charge is 0.246 e. The summed E-state index contributed by atoms with van der Waals surface area (Å²) in [5.41, 5.74) is 1.92. The van der Waals surface area contributed by atoms with Crippen molar-refractivity contribution in [1.82, 2.24) is 25.1 Å². The van der Waals surface area contributed by atoms with Crippen LogP contribution in [-0.4, -0.2) is 52.3 Å². The van der Waals surface area contributed by atoms with Crippen molar-refractivity contribution in [2.45, 2.75) is 20.0 Å². The van der Waals surface area contributed by atoms with Gasteiger partial charge >= 0.3 is 0 Å². The average Bonchev–Trinajstić information content (AvgIpc) is 3.30. The van der Waals surface area contributed by atoms with Gasteiger partial charge in [-0.25, -0.2) is 0 Å². The first-order chi connectivity index (χ1) is 13.0. The van der Waals surface area contributed by atoms with Crippen LogP contribution in [0, 0.1) is 6.92 Å². The maximum Gasteiger partial charge on any atom is 0.246 e. The third-order valence-corrected chi connectivity index (χ3v) is 5.15. The van der Waals surface area contributed by atoms with Gasteiger partial charge < -0.3 is 14.4 Å². The summed E-state index contributed by atoms with van der Waals surface area (Å²) in [6.07, 6.45) is 0. The first-order valence-corrected chi connectivity index (χ1v) is 9.17. The van der Waals surface area contributed by atoms with Crippen LogP contribution in [0.15, 0.2) is 29.6 Å². The van der Waals surface area contributed by atoms with Gasteiger partial charge in [-0.15, -0.1) is 21.5 Å². The number of ether oxygens (including phenoxy) is 2. The number of likely N-dealkylation sites (N-methyl/N-ethyl adjacent to an activating group) is 1. The molecule has 3 rings (SSSR count). The van der Waals surface area contributed by atoms with E-state index < -0.39 is 0 Å². The highest BCUT2D eigenvalue weighted by Gasteiger charge is 2.15. The molecule has 8 nitrogen and oxygen atoms in total. The Labute approximate surface area is 161 Å². The van der Waals surface area contributed by atoms with E-state index in [4.69, 9.17) is 9.47 Å².